The van der Waals surface area contributed by atoms with Crippen LogP contribution in [-0.2, 0) is 14.7 Å². The second-order valence-corrected chi connectivity index (χ2v) is 12.7. The number of likely N-dealkylation sites (tertiary alicyclic amines) is 1. The number of fused-ring (bicyclic) bond motifs is 3. The van der Waals surface area contributed by atoms with E-state index in [0.29, 0.717) is 41.8 Å². The second kappa shape index (κ2) is 9.22. The van der Waals surface area contributed by atoms with Crippen LogP contribution >= 0.6 is 0 Å². The average molecular weight is 546 g/mol. The second-order valence-electron chi connectivity index (χ2n) is 10.7. The molecule has 3 aliphatic heterocycles. The van der Waals surface area contributed by atoms with Crippen molar-refractivity contribution in [2.75, 3.05) is 48.3 Å². The Labute approximate surface area is 227 Å². The van der Waals surface area contributed by atoms with Gasteiger partial charge in [0.05, 0.1) is 22.9 Å². The first-order chi connectivity index (χ1) is 18.8. The molecule has 39 heavy (non-hydrogen) atoms. The van der Waals surface area contributed by atoms with E-state index in [1.54, 1.807) is 12.1 Å². The lowest BCUT2D eigenvalue weighted by Crippen LogP contribution is -2.44. The summed E-state index contributed by atoms with van der Waals surface area (Å²) in [6.45, 7) is 2.45. The average Bonchev–Trinajstić information content (AvgIpc) is 3.72. The van der Waals surface area contributed by atoms with Crippen LogP contribution in [0.4, 0.5) is 23.1 Å². The van der Waals surface area contributed by atoms with Gasteiger partial charge < -0.3 is 15.2 Å². The largest absolute Gasteiger partial charge is 0.366 e. The van der Waals surface area contributed by atoms with E-state index >= 15 is 0 Å². The number of rotatable bonds is 6. The molecule has 2 aromatic heterocycles. The molecule has 11 heteroatoms. The van der Waals surface area contributed by atoms with Gasteiger partial charge in [-0.15, -0.1) is 0 Å². The molecule has 2 aromatic carbocycles. The Morgan fingerprint density at radius 1 is 1.05 bits per heavy atom. The summed E-state index contributed by atoms with van der Waals surface area (Å²) < 4.78 is 25.3. The molecule has 10 nitrogen and oxygen atoms in total. The van der Waals surface area contributed by atoms with Gasteiger partial charge in [0.25, 0.3) is 0 Å². The first-order valence-corrected chi connectivity index (χ1v) is 15.1. The van der Waals surface area contributed by atoms with Crippen molar-refractivity contribution < 1.29 is 13.3 Å². The van der Waals surface area contributed by atoms with Gasteiger partial charge in [0.2, 0.25) is 5.95 Å². The summed E-state index contributed by atoms with van der Waals surface area (Å²) in [6.07, 6.45) is 5.02. The van der Waals surface area contributed by atoms with Crippen LogP contribution in [0.3, 0.4) is 0 Å². The number of likely N-dealkylation sites (N-methyl/N-ethyl adjacent to an activating group) is 1. The molecule has 7 rings (SSSR count). The van der Waals surface area contributed by atoms with Crippen LogP contribution in [0.2, 0.25) is 0 Å². The van der Waals surface area contributed by atoms with Gasteiger partial charge >= 0.3 is 0 Å². The first kappa shape index (κ1) is 24.4. The van der Waals surface area contributed by atoms with E-state index in [0.717, 1.165) is 42.6 Å². The van der Waals surface area contributed by atoms with Gasteiger partial charge in [-0.1, -0.05) is 30.3 Å². The fourth-order valence-electron chi connectivity index (χ4n) is 6.15. The van der Waals surface area contributed by atoms with Gasteiger partial charge in [-0.05, 0) is 43.3 Å². The summed E-state index contributed by atoms with van der Waals surface area (Å²) >= 11 is 0. The number of hydroxylamine groups is 1. The number of aromatic nitrogens is 3. The minimum Gasteiger partial charge on any atom is -0.366 e. The highest BCUT2D eigenvalue weighted by Crippen LogP contribution is 2.39. The highest BCUT2D eigenvalue weighted by atomic mass is 32.2. The maximum atomic E-state index is 12.6. The monoisotopic (exact) mass is 545 g/mol. The lowest BCUT2D eigenvalue weighted by atomic mass is 10.0. The number of H-pyrrole nitrogens is 1. The predicted molar refractivity (Wildman–Crippen MR) is 151 cm³/mol. The predicted octanol–water partition coefficient (Wildman–Crippen LogP) is 3.88. The third-order valence-corrected chi connectivity index (χ3v) is 9.21. The molecule has 0 aliphatic carbocycles. The van der Waals surface area contributed by atoms with Gasteiger partial charge in [-0.25, -0.2) is 13.5 Å². The highest BCUT2D eigenvalue weighted by molar-refractivity contribution is 7.90. The Kier molecular flexibility index (Phi) is 5.76. The molecule has 3 atom stereocenters. The Bertz CT molecular complexity index is 1640. The van der Waals surface area contributed by atoms with Crippen LogP contribution in [-0.4, -0.2) is 73.4 Å². The van der Waals surface area contributed by atoms with Crippen molar-refractivity contribution >= 4 is 44.0 Å². The van der Waals surface area contributed by atoms with Crippen LogP contribution in [0.5, 0.6) is 0 Å². The Morgan fingerprint density at radius 2 is 1.90 bits per heavy atom. The normalized spacial score (nSPS) is 23.3. The molecular weight excluding hydrogens is 514 g/mol. The van der Waals surface area contributed by atoms with Crippen molar-refractivity contribution in [3.05, 3.63) is 66.4 Å². The minimum absolute atomic E-state index is 0.0240. The van der Waals surface area contributed by atoms with Crippen LogP contribution in [0.25, 0.3) is 11.0 Å². The summed E-state index contributed by atoms with van der Waals surface area (Å²) in [5.74, 6) is 1.02. The Hall–Kier alpha value is -3.67. The fraction of sp³-hybridized carbons (Fsp3) is 0.357. The van der Waals surface area contributed by atoms with E-state index in [9.17, 15) is 8.42 Å². The van der Waals surface area contributed by atoms with Gasteiger partial charge in [-0.3, -0.25) is 9.74 Å². The zero-order valence-electron chi connectivity index (χ0n) is 21.9. The zero-order valence-corrected chi connectivity index (χ0v) is 22.7. The first-order valence-electron chi connectivity index (χ1n) is 13.2. The summed E-state index contributed by atoms with van der Waals surface area (Å²) in [4.78, 5) is 23.8. The van der Waals surface area contributed by atoms with E-state index in [1.165, 1.54) is 6.26 Å². The molecule has 0 radical (unpaired) electrons. The number of sulfone groups is 1. The lowest BCUT2D eigenvalue weighted by molar-refractivity contribution is 0.157. The van der Waals surface area contributed by atoms with Crippen LogP contribution in [0.1, 0.15) is 24.4 Å². The zero-order chi connectivity index (χ0) is 26.7. The molecule has 0 amide bonds. The smallest absolute Gasteiger partial charge is 0.231 e. The molecule has 202 valence electrons. The number of nitrogens with zero attached hydrogens (tertiary/aromatic N) is 5. The summed E-state index contributed by atoms with van der Waals surface area (Å²) in [5, 5.41) is 6.03. The fourth-order valence-corrected chi connectivity index (χ4v) is 6.83. The number of nitrogens with one attached hydrogen (secondary N) is 2. The van der Waals surface area contributed by atoms with Crippen molar-refractivity contribution in [2.45, 2.75) is 35.9 Å². The van der Waals surface area contributed by atoms with E-state index in [1.807, 2.05) is 41.6 Å². The number of benzene rings is 2. The maximum Gasteiger partial charge on any atom is 0.231 e. The highest BCUT2D eigenvalue weighted by Gasteiger charge is 2.41. The molecule has 3 saturated heterocycles. The molecular formula is C28H31N7O3S. The van der Waals surface area contributed by atoms with Crippen LogP contribution < -0.4 is 15.3 Å². The molecule has 5 heterocycles. The molecule has 2 N–H and O–H groups in total. The molecule has 0 unspecified atom stereocenters. The molecule has 0 spiro atoms. The van der Waals surface area contributed by atoms with Gasteiger partial charge in [0, 0.05) is 55.4 Å². The number of piperazine rings is 1. The van der Waals surface area contributed by atoms with Gasteiger partial charge in [0.15, 0.2) is 15.7 Å². The third-order valence-electron chi connectivity index (χ3n) is 8.12. The molecule has 4 aromatic rings. The molecule has 2 bridgehead atoms. The molecule has 3 aliphatic rings. The van der Waals surface area contributed by atoms with E-state index < -0.39 is 9.84 Å². The van der Waals surface area contributed by atoms with E-state index in [-0.39, 0.29) is 10.9 Å². The lowest BCUT2D eigenvalue weighted by Gasteiger charge is -2.34. The van der Waals surface area contributed by atoms with Gasteiger partial charge in [-0.2, -0.15) is 9.97 Å². The summed E-state index contributed by atoms with van der Waals surface area (Å²) in [5.41, 5.74) is 3.35. The van der Waals surface area contributed by atoms with Crippen molar-refractivity contribution in [1.82, 2.24) is 19.9 Å². The van der Waals surface area contributed by atoms with Crippen LogP contribution in [0, 0.1) is 0 Å². The summed E-state index contributed by atoms with van der Waals surface area (Å²) in [6, 6.07) is 18.5. The SMILES string of the molecule is CN1C[C@H]2C[C@@H]1CN2c1cc(Nc2nc(N3OCC[C@H]3c3ccccc3)c3cc[nH]c3n2)cc(S(C)(=O)=O)c1. The number of aromatic amines is 1. The molecule has 0 saturated carbocycles. The van der Waals surface area contributed by atoms with E-state index in [4.69, 9.17) is 14.8 Å². The Balaban J connectivity index is 1.26. The molecule has 3 fully saturated rings. The van der Waals surface area contributed by atoms with Crippen molar-refractivity contribution in [3.63, 3.8) is 0 Å². The van der Waals surface area contributed by atoms with Gasteiger partial charge in [0.1, 0.15) is 5.65 Å². The number of hydrogen-bond acceptors (Lipinski definition) is 9. The Morgan fingerprint density at radius 3 is 2.64 bits per heavy atom. The minimum atomic E-state index is -3.43. The van der Waals surface area contributed by atoms with Crippen molar-refractivity contribution in [3.8, 4) is 0 Å². The standard InChI is InChI=1S/C28H31N7O3S/c1-33-16-22-14-21(33)17-34(22)20-12-19(13-23(15-20)39(2,36)37)30-28-31-26-24(8-10-29-26)27(32-28)35-25(9-11-38-35)18-6-4-3-5-7-18/h3-8,10,12-13,15,21-22,25H,9,11,14,16-17H2,1-2H3,(H2,29,30,31,32)/t21-,22-,25+/m1/s1. The number of hydrogen-bond donors (Lipinski definition) is 2. The van der Waals surface area contributed by atoms with Crippen molar-refractivity contribution in [2.24, 2.45) is 0 Å². The summed E-state index contributed by atoms with van der Waals surface area (Å²) in [7, 11) is -1.28. The van der Waals surface area contributed by atoms with Crippen LogP contribution in [0.15, 0.2) is 65.7 Å². The number of anilines is 4. The van der Waals surface area contributed by atoms with E-state index in [2.05, 4.69) is 39.3 Å². The maximum absolute atomic E-state index is 12.6. The third kappa shape index (κ3) is 4.40. The quantitative estimate of drug-likeness (QED) is 0.373. The van der Waals surface area contributed by atoms with Crippen molar-refractivity contribution in [1.29, 1.82) is 0 Å². The topological polar surface area (TPSA) is 107 Å².